The Morgan fingerprint density at radius 3 is 2.36 bits per heavy atom. The Labute approximate surface area is 134 Å². The lowest BCUT2D eigenvalue weighted by atomic mass is 9.79. The van der Waals surface area contributed by atoms with Gasteiger partial charge in [-0.2, -0.15) is 0 Å². The number of nitrogens with two attached hydrogens (primary N) is 1. The molecule has 1 saturated heterocycles. The summed E-state index contributed by atoms with van der Waals surface area (Å²) in [6.07, 6.45) is 4.11. The standard InChI is InChI=1S/C17H33NO4/c1-12-13(2)16(11-21-15(4)19)22-17(14(12)3)20-10-8-6-5-7-9-18/h12-14,16-17H,5-11,18H2,1-4H3. The largest absolute Gasteiger partial charge is 0.463 e. The number of esters is 1. The minimum Gasteiger partial charge on any atom is -0.463 e. The second-order valence-corrected chi connectivity index (χ2v) is 6.50. The van der Waals surface area contributed by atoms with Crippen molar-refractivity contribution in [3.8, 4) is 0 Å². The summed E-state index contributed by atoms with van der Waals surface area (Å²) < 4.78 is 17.1. The van der Waals surface area contributed by atoms with Crippen LogP contribution in [0.1, 0.15) is 53.4 Å². The van der Waals surface area contributed by atoms with E-state index in [1.807, 2.05) is 0 Å². The zero-order valence-electron chi connectivity index (χ0n) is 14.5. The van der Waals surface area contributed by atoms with Crippen LogP contribution in [0.15, 0.2) is 0 Å². The van der Waals surface area contributed by atoms with Crippen LogP contribution >= 0.6 is 0 Å². The summed E-state index contributed by atoms with van der Waals surface area (Å²) in [5, 5.41) is 0. The van der Waals surface area contributed by atoms with Crippen LogP contribution in [0.2, 0.25) is 0 Å². The maximum absolute atomic E-state index is 11.0. The molecule has 5 atom stereocenters. The van der Waals surface area contributed by atoms with Crippen molar-refractivity contribution >= 4 is 5.97 Å². The average Bonchev–Trinajstić information content (AvgIpc) is 2.49. The molecule has 0 aliphatic carbocycles. The van der Waals surface area contributed by atoms with Crippen LogP contribution in [0, 0.1) is 17.8 Å². The Kier molecular flexibility index (Phi) is 8.98. The Balaban J connectivity index is 2.38. The van der Waals surface area contributed by atoms with E-state index in [0.29, 0.717) is 31.0 Å². The highest BCUT2D eigenvalue weighted by atomic mass is 16.7. The lowest BCUT2D eigenvalue weighted by Gasteiger charge is -2.43. The highest BCUT2D eigenvalue weighted by molar-refractivity contribution is 5.65. The lowest BCUT2D eigenvalue weighted by Crippen LogP contribution is -2.47. The Morgan fingerprint density at radius 2 is 1.73 bits per heavy atom. The van der Waals surface area contributed by atoms with Gasteiger partial charge in [-0.15, -0.1) is 0 Å². The highest BCUT2D eigenvalue weighted by Crippen LogP contribution is 2.35. The van der Waals surface area contributed by atoms with Crippen molar-refractivity contribution in [2.24, 2.45) is 23.5 Å². The normalized spacial score (nSPS) is 32.0. The summed E-state index contributed by atoms with van der Waals surface area (Å²) in [6.45, 7) is 9.74. The van der Waals surface area contributed by atoms with E-state index in [-0.39, 0.29) is 18.4 Å². The third kappa shape index (κ3) is 6.23. The van der Waals surface area contributed by atoms with Crippen molar-refractivity contribution < 1.29 is 19.0 Å². The van der Waals surface area contributed by atoms with Gasteiger partial charge < -0.3 is 19.9 Å². The van der Waals surface area contributed by atoms with Gasteiger partial charge in [0.05, 0.1) is 6.10 Å². The topological polar surface area (TPSA) is 70.8 Å². The van der Waals surface area contributed by atoms with Gasteiger partial charge in [0.2, 0.25) is 0 Å². The molecular formula is C17H33NO4. The summed E-state index contributed by atoms with van der Waals surface area (Å²) in [7, 11) is 0. The average molecular weight is 315 g/mol. The second-order valence-electron chi connectivity index (χ2n) is 6.50. The van der Waals surface area contributed by atoms with E-state index < -0.39 is 0 Å². The Morgan fingerprint density at radius 1 is 1.05 bits per heavy atom. The third-order valence-corrected chi connectivity index (χ3v) is 4.81. The van der Waals surface area contributed by atoms with Crippen molar-refractivity contribution in [1.29, 1.82) is 0 Å². The summed E-state index contributed by atoms with van der Waals surface area (Å²) in [6, 6.07) is 0. The minimum atomic E-state index is -0.264. The monoisotopic (exact) mass is 315 g/mol. The maximum atomic E-state index is 11.0. The fourth-order valence-electron chi connectivity index (χ4n) is 2.87. The quantitative estimate of drug-likeness (QED) is 0.523. The molecule has 5 unspecified atom stereocenters. The molecule has 1 aliphatic rings. The number of carbonyl (C=O) groups is 1. The molecule has 0 aromatic heterocycles. The van der Waals surface area contributed by atoms with Crippen LogP contribution in [0.25, 0.3) is 0 Å². The number of rotatable bonds is 9. The lowest BCUT2D eigenvalue weighted by molar-refractivity contribution is -0.255. The summed E-state index contributed by atoms with van der Waals surface area (Å²) in [5.41, 5.74) is 5.48. The first-order valence-corrected chi connectivity index (χ1v) is 8.57. The molecule has 0 aromatic carbocycles. The molecule has 0 spiro atoms. The van der Waals surface area contributed by atoms with Gasteiger partial charge >= 0.3 is 5.97 Å². The highest BCUT2D eigenvalue weighted by Gasteiger charge is 2.39. The van der Waals surface area contributed by atoms with Crippen LogP contribution in [0.5, 0.6) is 0 Å². The fraction of sp³-hybridized carbons (Fsp3) is 0.941. The minimum absolute atomic E-state index is 0.0858. The van der Waals surface area contributed by atoms with Gasteiger partial charge in [0.15, 0.2) is 6.29 Å². The summed E-state index contributed by atoms with van der Waals surface area (Å²) >= 11 is 0. The molecule has 5 nitrogen and oxygen atoms in total. The van der Waals surface area contributed by atoms with E-state index in [1.54, 1.807) is 0 Å². The van der Waals surface area contributed by atoms with Crippen molar-refractivity contribution in [2.75, 3.05) is 19.8 Å². The van der Waals surface area contributed by atoms with Gasteiger partial charge in [0, 0.05) is 19.4 Å². The second kappa shape index (κ2) is 10.2. The van der Waals surface area contributed by atoms with Crippen LogP contribution < -0.4 is 5.73 Å². The molecule has 0 amide bonds. The van der Waals surface area contributed by atoms with Crippen LogP contribution in [0.4, 0.5) is 0 Å². The molecule has 22 heavy (non-hydrogen) atoms. The first-order chi connectivity index (χ1) is 10.5. The van der Waals surface area contributed by atoms with Gasteiger partial charge in [-0.25, -0.2) is 0 Å². The fourth-order valence-corrected chi connectivity index (χ4v) is 2.87. The van der Waals surface area contributed by atoms with Crippen LogP contribution in [-0.2, 0) is 19.0 Å². The van der Waals surface area contributed by atoms with E-state index in [9.17, 15) is 4.79 Å². The molecule has 1 rings (SSSR count). The van der Waals surface area contributed by atoms with E-state index in [0.717, 1.165) is 32.2 Å². The van der Waals surface area contributed by atoms with Gasteiger partial charge in [-0.3, -0.25) is 4.79 Å². The number of ether oxygens (including phenoxy) is 3. The molecule has 0 bridgehead atoms. The van der Waals surface area contributed by atoms with E-state index in [4.69, 9.17) is 19.9 Å². The van der Waals surface area contributed by atoms with E-state index in [2.05, 4.69) is 20.8 Å². The Bertz CT molecular complexity index is 324. The van der Waals surface area contributed by atoms with E-state index in [1.165, 1.54) is 6.92 Å². The van der Waals surface area contributed by atoms with Gasteiger partial charge in [-0.05, 0) is 31.2 Å². The van der Waals surface area contributed by atoms with Gasteiger partial charge in [0.25, 0.3) is 0 Å². The third-order valence-electron chi connectivity index (χ3n) is 4.81. The van der Waals surface area contributed by atoms with Crippen molar-refractivity contribution in [3.05, 3.63) is 0 Å². The van der Waals surface area contributed by atoms with Crippen LogP contribution in [0.3, 0.4) is 0 Å². The molecule has 2 N–H and O–H groups in total. The number of unbranched alkanes of at least 4 members (excludes halogenated alkanes) is 3. The summed E-state index contributed by atoms with van der Waals surface area (Å²) in [4.78, 5) is 11.0. The molecule has 130 valence electrons. The zero-order chi connectivity index (χ0) is 16.5. The maximum Gasteiger partial charge on any atom is 0.302 e. The predicted molar refractivity (Wildman–Crippen MR) is 86.3 cm³/mol. The number of carbonyl (C=O) groups excluding carboxylic acids is 1. The molecule has 0 saturated carbocycles. The number of hydrogen-bond donors (Lipinski definition) is 1. The predicted octanol–water partition coefficient (Wildman–Crippen LogP) is 2.72. The number of hydrogen-bond acceptors (Lipinski definition) is 5. The summed E-state index contributed by atoms with van der Waals surface area (Å²) in [5.74, 6) is 0.891. The SMILES string of the molecule is CC(=O)OCC1OC(OCCCCCCN)C(C)C(C)C1C. The van der Waals surface area contributed by atoms with E-state index >= 15 is 0 Å². The van der Waals surface area contributed by atoms with Crippen molar-refractivity contribution in [2.45, 2.75) is 65.8 Å². The molecule has 0 aromatic rings. The molecule has 1 aliphatic heterocycles. The molecule has 1 heterocycles. The van der Waals surface area contributed by atoms with Gasteiger partial charge in [-0.1, -0.05) is 33.6 Å². The first kappa shape index (κ1) is 19.4. The molecule has 5 heteroatoms. The smallest absolute Gasteiger partial charge is 0.302 e. The van der Waals surface area contributed by atoms with Crippen LogP contribution in [-0.4, -0.2) is 38.1 Å². The van der Waals surface area contributed by atoms with Crippen molar-refractivity contribution in [1.82, 2.24) is 0 Å². The molecule has 1 fully saturated rings. The zero-order valence-corrected chi connectivity index (χ0v) is 14.5. The Hall–Kier alpha value is -0.650. The molecular weight excluding hydrogens is 282 g/mol. The first-order valence-electron chi connectivity index (χ1n) is 8.57. The van der Waals surface area contributed by atoms with Crippen molar-refractivity contribution in [3.63, 3.8) is 0 Å². The molecule has 0 radical (unpaired) electrons. The van der Waals surface area contributed by atoms with Gasteiger partial charge in [0.1, 0.15) is 6.61 Å².